The molecule has 0 saturated heterocycles. The average Bonchev–Trinajstić information content (AvgIpc) is 2.92. The number of amides is 1. The van der Waals surface area contributed by atoms with Crippen LogP contribution in [0.15, 0.2) is 30.5 Å². The number of rotatable bonds is 3. The van der Waals surface area contributed by atoms with Gasteiger partial charge in [0.2, 0.25) is 0 Å². The number of ketones is 1. The van der Waals surface area contributed by atoms with Crippen LogP contribution in [0.25, 0.3) is 10.9 Å². The van der Waals surface area contributed by atoms with Crippen LogP contribution in [0.5, 0.6) is 0 Å². The number of para-hydroxylation sites is 1. The summed E-state index contributed by atoms with van der Waals surface area (Å²) >= 11 is 0. The molecular weight excluding hydrogens is 264 g/mol. The number of hydrogen-bond acceptors (Lipinski definition) is 2. The molecule has 1 fully saturated rings. The molecule has 21 heavy (non-hydrogen) atoms. The van der Waals surface area contributed by atoms with Crippen molar-refractivity contribution >= 4 is 22.6 Å². The number of aromatic amines is 1. The molecule has 1 heterocycles. The van der Waals surface area contributed by atoms with Gasteiger partial charge in [0.1, 0.15) is 0 Å². The SMILES string of the molecule is C[C@H]1CCCC[C@@H]1NC(=O)C(=O)c1c[nH]c2ccccc12. The van der Waals surface area contributed by atoms with Crippen LogP contribution in [0.4, 0.5) is 0 Å². The van der Waals surface area contributed by atoms with E-state index in [0.717, 1.165) is 30.2 Å². The van der Waals surface area contributed by atoms with Crippen molar-refractivity contribution in [1.29, 1.82) is 0 Å². The van der Waals surface area contributed by atoms with Gasteiger partial charge in [-0.05, 0) is 24.8 Å². The minimum Gasteiger partial charge on any atom is -0.360 e. The predicted octanol–water partition coefficient (Wildman–Crippen LogP) is 3.05. The van der Waals surface area contributed by atoms with Gasteiger partial charge in [-0.15, -0.1) is 0 Å². The lowest BCUT2D eigenvalue weighted by Gasteiger charge is -2.29. The molecule has 110 valence electrons. The smallest absolute Gasteiger partial charge is 0.292 e. The number of benzene rings is 1. The van der Waals surface area contributed by atoms with Crippen molar-refractivity contribution in [2.75, 3.05) is 0 Å². The van der Waals surface area contributed by atoms with E-state index in [9.17, 15) is 9.59 Å². The minimum atomic E-state index is -0.487. The number of fused-ring (bicyclic) bond motifs is 1. The van der Waals surface area contributed by atoms with E-state index < -0.39 is 11.7 Å². The Bertz CT molecular complexity index is 674. The summed E-state index contributed by atoms with van der Waals surface area (Å²) in [6.45, 7) is 2.14. The van der Waals surface area contributed by atoms with Crippen LogP contribution in [-0.2, 0) is 4.79 Å². The van der Waals surface area contributed by atoms with Gasteiger partial charge in [0.05, 0.1) is 5.56 Å². The topological polar surface area (TPSA) is 62.0 Å². The van der Waals surface area contributed by atoms with Gasteiger partial charge in [-0.2, -0.15) is 0 Å². The molecule has 1 aromatic heterocycles. The summed E-state index contributed by atoms with van der Waals surface area (Å²) in [5.74, 6) is -0.498. The Morgan fingerprint density at radius 1 is 1.19 bits per heavy atom. The molecule has 1 amide bonds. The van der Waals surface area contributed by atoms with Gasteiger partial charge in [-0.3, -0.25) is 9.59 Å². The molecule has 1 aliphatic rings. The lowest BCUT2D eigenvalue weighted by atomic mass is 9.86. The summed E-state index contributed by atoms with van der Waals surface area (Å²) in [6.07, 6.45) is 6.04. The molecule has 1 saturated carbocycles. The zero-order valence-electron chi connectivity index (χ0n) is 12.2. The number of hydrogen-bond donors (Lipinski definition) is 2. The Labute approximate surface area is 123 Å². The summed E-state index contributed by atoms with van der Waals surface area (Å²) < 4.78 is 0. The van der Waals surface area contributed by atoms with Gasteiger partial charge in [-0.25, -0.2) is 0 Å². The van der Waals surface area contributed by atoms with Crippen molar-refractivity contribution in [3.8, 4) is 0 Å². The van der Waals surface area contributed by atoms with Crippen LogP contribution in [-0.4, -0.2) is 22.7 Å². The maximum absolute atomic E-state index is 12.4. The van der Waals surface area contributed by atoms with Gasteiger partial charge in [-0.1, -0.05) is 38.0 Å². The van der Waals surface area contributed by atoms with Crippen LogP contribution in [0.2, 0.25) is 0 Å². The zero-order valence-corrected chi connectivity index (χ0v) is 12.2. The number of carbonyl (C=O) groups is 2. The largest absolute Gasteiger partial charge is 0.360 e. The molecule has 4 nitrogen and oxygen atoms in total. The molecule has 0 aliphatic heterocycles. The molecule has 0 bridgehead atoms. The highest BCUT2D eigenvalue weighted by molar-refractivity contribution is 6.45. The van der Waals surface area contributed by atoms with Crippen LogP contribution in [0, 0.1) is 5.92 Å². The maximum atomic E-state index is 12.4. The molecule has 0 unspecified atom stereocenters. The number of Topliss-reactive ketones (excluding diaryl/α,β-unsaturated/α-hetero) is 1. The molecule has 3 rings (SSSR count). The first kappa shape index (κ1) is 13.9. The number of nitrogens with one attached hydrogen (secondary N) is 2. The third-order valence-electron chi connectivity index (χ3n) is 4.47. The van der Waals surface area contributed by atoms with Crippen molar-refractivity contribution in [2.45, 2.75) is 38.6 Å². The van der Waals surface area contributed by atoms with Gasteiger partial charge >= 0.3 is 0 Å². The van der Waals surface area contributed by atoms with E-state index in [1.54, 1.807) is 6.20 Å². The standard InChI is InChI=1S/C17H20N2O2/c1-11-6-2-4-8-14(11)19-17(21)16(20)13-10-18-15-9-5-3-7-12(13)15/h3,5,7,9-11,14,18H,2,4,6,8H2,1H3,(H,19,21)/t11-,14-/m0/s1. The van der Waals surface area contributed by atoms with E-state index in [-0.39, 0.29) is 6.04 Å². The fraction of sp³-hybridized carbons (Fsp3) is 0.412. The van der Waals surface area contributed by atoms with Gasteiger partial charge < -0.3 is 10.3 Å². The van der Waals surface area contributed by atoms with Crippen molar-refractivity contribution in [1.82, 2.24) is 10.3 Å². The Morgan fingerprint density at radius 3 is 2.76 bits per heavy atom. The van der Waals surface area contributed by atoms with E-state index in [1.165, 1.54) is 6.42 Å². The molecule has 2 N–H and O–H groups in total. The van der Waals surface area contributed by atoms with E-state index in [0.29, 0.717) is 11.5 Å². The summed E-state index contributed by atoms with van der Waals surface area (Å²) in [6, 6.07) is 7.65. The van der Waals surface area contributed by atoms with Crippen molar-refractivity contribution in [2.24, 2.45) is 5.92 Å². The summed E-state index contributed by atoms with van der Waals surface area (Å²) in [5.41, 5.74) is 1.33. The Kier molecular flexibility index (Phi) is 3.78. The van der Waals surface area contributed by atoms with E-state index in [4.69, 9.17) is 0 Å². The first-order chi connectivity index (χ1) is 10.2. The third-order valence-corrected chi connectivity index (χ3v) is 4.47. The zero-order chi connectivity index (χ0) is 14.8. The molecular formula is C17H20N2O2. The highest BCUT2D eigenvalue weighted by Gasteiger charge is 2.27. The lowest BCUT2D eigenvalue weighted by molar-refractivity contribution is -0.118. The van der Waals surface area contributed by atoms with Crippen LogP contribution < -0.4 is 5.32 Å². The minimum absolute atomic E-state index is 0.125. The van der Waals surface area contributed by atoms with Crippen molar-refractivity contribution < 1.29 is 9.59 Å². The van der Waals surface area contributed by atoms with E-state index in [1.807, 2.05) is 24.3 Å². The first-order valence-electron chi connectivity index (χ1n) is 7.58. The van der Waals surface area contributed by atoms with Gasteiger partial charge in [0.25, 0.3) is 11.7 Å². The average molecular weight is 284 g/mol. The predicted molar refractivity (Wildman–Crippen MR) is 82.2 cm³/mol. The normalized spacial score (nSPS) is 22.1. The Hall–Kier alpha value is -2.10. The second kappa shape index (κ2) is 5.72. The monoisotopic (exact) mass is 284 g/mol. The van der Waals surface area contributed by atoms with Crippen LogP contribution in [0.1, 0.15) is 43.0 Å². The molecule has 0 radical (unpaired) electrons. The van der Waals surface area contributed by atoms with E-state index >= 15 is 0 Å². The van der Waals surface area contributed by atoms with Crippen molar-refractivity contribution in [3.05, 3.63) is 36.0 Å². The Balaban J connectivity index is 1.77. The number of aromatic nitrogens is 1. The fourth-order valence-corrected chi connectivity index (χ4v) is 3.15. The van der Waals surface area contributed by atoms with Crippen LogP contribution >= 0.6 is 0 Å². The summed E-state index contributed by atoms with van der Waals surface area (Å²) in [7, 11) is 0. The molecule has 4 heteroatoms. The molecule has 1 aromatic carbocycles. The molecule has 2 aromatic rings. The highest BCUT2D eigenvalue weighted by atomic mass is 16.2. The lowest BCUT2D eigenvalue weighted by Crippen LogP contribution is -2.44. The highest BCUT2D eigenvalue weighted by Crippen LogP contribution is 2.24. The van der Waals surface area contributed by atoms with Crippen molar-refractivity contribution in [3.63, 3.8) is 0 Å². The van der Waals surface area contributed by atoms with Gasteiger partial charge in [0, 0.05) is 23.1 Å². The number of carbonyl (C=O) groups excluding carboxylic acids is 2. The Morgan fingerprint density at radius 2 is 1.95 bits per heavy atom. The fourth-order valence-electron chi connectivity index (χ4n) is 3.15. The third kappa shape index (κ3) is 2.71. The second-order valence-corrected chi connectivity index (χ2v) is 5.92. The molecule has 0 spiro atoms. The van der Waals surface area contributed by atoms with Crippen LogP contribution in [0.3, 0.4) is 0 Å². The van der Waals surface area contributed by atoms with Gasteiger partial charge in [0.15, 0.2) is 0 Å². The molecule has 2 atom stereocenters. The summed E-state index contributed by atoms with van der Waals surface area (Å²) in [5, 5.41) is 3.72. The maximum Gasteiger partial charge on any atom is 0.292 e. The first-order valence-corrected chi connectivity index (χ1v) is 7.58. The number of H-pyrrole nitrogens is 1. The second-order valence-electron chi connectivity index (χ2n) is 5.92. The van der Waals surface area contributed by atoms with E-state index in [2.05, 4.69) is 17.2 Å². The quantitative estimate of drug-likeness (QED) is 0.672. The molecule has 1 aliphatic carbocycles. The summed E-state index contributed by atoms with van der Waals surface area (Å²) in [4.78, 5) is 27.6.